The number of amides is 1. The molecule has 0 bridgehead atoms. The number of hydrogen-bond donors (Lipinski definition) is 2. The van der Waals surface area contributed by atoms with Gasteiger partial charge in [0.25, 0.3) is 11.5 Å². The van der Waals surface area contributed by atoms with Gasteiger partial charge in [-0.2, -0.15) is 0 Å². The minimum absolute atomic E-state index is 0.161. The Morgan fingerprint density at radius 1 is 1.08 bits per heavy atom. The van der Waals surface area contributed by atoms with Crippen molar-refractivity contribution in [1.82, 2.24) is 20.1 Å². The Morgan fingerprint density at radius 2 is 1.76 bits per heavy atom. The van der Waals surface area contributed by atoms with E-state index in [-0.39, 0.29) is 18.0 Å². The summed E-state index contributed by atoms with van der Waals surface area (Å²) in [6.07, 6.45) is 4.71. The van der Waals surface area contributed by atoms with Gasteiger partial charge in [0.15, 0.2) is 0 Å². The number of carbonyl (C=O) groups excluding carboxylic acids is 1. The van der Waals surface area contributed by atoms with Crippen LogP contribution < -0.4 is 15.8 Å². The van der Waals surface area contributed by atoms with Crippen LogP contribution >= 0.6 is 11.6 Å². The summed E-state index contributed by atoms with van der Waals surface area (Å²) in [5, 5.41) is 3.50. The molecule has 2 fully saturated rings. The molecule has 2 aromatic rings. The third kappa shape index (κ3) is 6.39. The van der Waals surface area contributed by atoms with Crippen LogP contribution in [-0.4, -0.2) is 72.5 Å². The summed E-state index contributed by atoms with van der Waals surface area (Å²) < 4.78 is 0. The number of benzene rings is 1. The van der Waals surface area contributed by atoms with Gasteiger partial charge in [0.1, 0.15) is 0 Å². The highest BCUT2D eigenvalue weighted by Crippen LogP contribution is 2.34. The number of halogens is 1. The summed E-state index contributed by atoms with van der Waals surface area (Å²) >= 11 is 6.56. The molecule has 2 heterocycles. The molecule has 8 heteroatoms. The number of nitrogens with zero attached hydrogens (tertiary/aromatic N) is 3. The Labute approximate surface area is 226 Å². The lowest BCUT2D eigenvalue weighted by Gasteiger charge is -2.44. The number of anilines is 1. The molecule has 2 aliphatic rings. The number of hydrogen-bond acceptors (Lipinski definition) is 5. The van der Waals surface area contributed by atoms with Gasteiger partial charge >= 0.3 is 0 Å². The second kappa shape index (κ2) is 12.0. The molecule has 2 N–H and O–H groups in total. The molecule has 1 aromatic carbocycles. The highest BCUT2D eigenvalue weighted by Gasteiger charge is 2.31. The van der Waals surface area contributed by atoms with Gasteiger partial charge in [-0.15, -0.1) is 0 Å². The molecule has 1 aliphatic heterocycles. The molecule has 7 nitrogen and oxygen atoms in total. The topological polar surface area (TPSA) is 71.7 Å². The molecule has 4 rings (SSSR count). The van der Waals surface area contributed by atoms with Gasteiger partial charge < -0.3 is 20.1 Å². The molecule has 0 spiro atoms. The normalized spacial score (nSPS) is 21.1. The zero-order valence-electron chi connectivity index (χ0n) is 23.0. The van der Waals surface area contributed by atoms with Crippen LogP contribution in [0.2, 0.25) is 5.02 Å². The predicted octanol–water partition coefficient (Wildman–Crippen LogP) is 4.27. The first-order chi connectivity index (χ1) is 17.7. The maximum atomic E-state index is 13.3. The average Bonchev–Trinajstić information content (AvgIpc) is 2.86. The largest absolute Gasteiger partial charge is 0.369 e. The molecule has 202 valence electrons. The summed E-state index contributed by atoms with van der Waals surface area (Å²) in [4.78, 5) is 36.0. The Kier molecular flexibility index (Phi) is 8.98. The smallest absolute Gasteiger partial charge is 0.253 e. The van der Waals surface area contributed by atoms with Crippen molar-refractivity contribution in [3.05, 3.63) is 61.5 Å². The maximum absolute atomic E-state index is 13.3. The number of H-pyrrole nitrogens is 1. The zero-order valence-corrected chi connectivity index (χ0v) is 23.7. The molecule has 37 heavy (non-hydrogen) atoms. The first-order valence-electron chi connectivity index (χ1n) is 13.6. The molecular weight excluding hydrogens is 486 g/mol. The average molecular weight is 528 g/mol. The van der Waals surface area contributed by atoms with E-state index < -0.39 is 0 Å². The first-order valence-corrected chi connectivity index (χ1v) is 14.0. The summed E-state index contributed by atoms with van der Waals surface area (Å²) in [6, 6.07) is 6.77. The first kappa shape index (κ1) is 27.7. The number of pyridine rings is 1. The van der Waals surface area contributed by atoms with Gasteiger partial charge in [0.05, 0.1) is 0 Å². The van der Waals surface area contributed by atoms with Crippen LogP contribution in [0.1, 0.15) is 65.3 Å². The van der Waals surface area contributed by atoms with Crippen molar-refractivity contribution in [2.24, 2.45) is 0 Å². The summed E-state index contributed by atoms with van der Waals surface area (Å²) in [5.41, 5.74) is 4.62. The van der Waals surface area contributed by atoms with Crippen LogP contribution in [-0.2, 0) is 6.54 Å². The second-order valence-electron chi connectivity index (χ2n) is 10.8. The van der Waals surface area contributed by atoms with Crippen molar-refractivity contribution in [3.63, 3.8) is 0 Å². The van der Waals surface area contributed by atoms with Crippen LogP contribution in [0, 0.1) is 20.8 Å². The zero-order chi connectivity index (χ0) is 26.7. The van der Waals surface area contributed by atoms with E-state index in [2.05, 4.69) is 39.0 Å². The van der Waals surface area contributed by atoms with Gasteiger partial charge in [0.2, 0.25) is 0 Å². The SMILES string of the molecule is CCN(c1cc(Cl)cc(C(=O)NCc2c(C)cc(C)[nH]c2=O)c1C)[C@H]1CC[C@@H](N2CCN(C)CC2)CC1. The van der Waals surface area contributed by atoms with Gasteiger partial charge in [0, 0.05) is 78.9 Å². The number of carbonyl (C=O) groups is 1. The van der Waals surface area contributed by atoms with Crippen molar-refractivity contribution in [1.29, 1.82) is 0 Å². The summed E-state index contributed by atoms with van der Waals surface area (Å²) in [6.45, 7) is 13.6. The Balaban J connectivity index is 1.46. The minimum Gasteiger partial charge on any atom is -0.369 e. The predicted molar refractivity (Wildman–Crippen MR) is 152 cm³/mol. The number of likely N-dealkylation sites (N-methyl/N-ethyl adjacent to an activating group) is 1. The van der Waals surface area contributed by atoms with Crippen LogP contribution in [0.25, 0.3) is 0 Å². The quantitative estimate of drug-likeness (QED) is 0.562. The van der Waals surface area contributed by atoms with E-state index in [1.54, 1.807) is 6.07 Å². The van der Waals surface area contributed by atoms with Crippen LogP contribution in [0.3, 0.4) is 0 Å². The Bertz CT molecular complexity index is 1160. The van der Waals surface area contributed by atoms with Gasteiger partial charge in [-0.25, -0.2) is 0 Å². The number of aromatic nitrogens is 1. The van der Waals surface area contributed by atoms with Crippen molar-refractivity contribution >= 4 is 23.2 Å². The summed E-state index contributed by atoms with van der Waals surface area (Å²) in [5.74, 6) is -0.213. The third-order valence-electron chi connectivity index (χ3n) is 8.32. The number of piperazine rings is 1. The van der Waals surface area contributed by atoms with Gasteiger partial charge in [-0.3, -0.25) is 14.5 Å². The van der Waals surface area contributed by atoms with Crippen LogP contribution in [0.5, 0.6) is 0 Å². The molecule has 1 amide bonds. The lowest BCUT2D eigenvalue weighted by atomic mass is 9.88. The van der Waals surface area contributed by atoms with E-state index >= 15 is 0 Å². The molecule has 1 saturated carbocycles. The fourth-order valence-electron chi connectivity index (χ4n) is 6.11. The molecule has 0 radical (unpaired) electrons. The van der Waals surface area contributed by atoms with E-state index in [9.17, 15) is 9.59 Å². The molecule has 1 aliphatic carbocycles. The standard InChI is InChI=1S/C29H42ClN5O2/c1-6-35(24-9-7-23(8-10-24)34-13-11-33(5)12-14-34)27-17-22(30)16-25(21(27)4)28(36)31-18-26-19(2)15-20(3)32-29(26)37/h15-17,23-24H,6-14,18H2,1-5H3,(H,31,36)(H,32,37)/t23-,24+. The van der Waals surface area contributed by atoms with Crippen molar-refractivity contribution < 1.29 is 4.79 Å². The lowest BCUT2D eigenvalue weighted by molar-refractivity contribution is 0.0876. The Morgan fingerprint density at radius 3 is 2.38 bits per heavy atom. The second-order valence-corrected chi connectivity index (χ2v) is 11.2. The fourth-order valence-corrected chi connectivity index (χ4v) is 6.32. The van der Waals surface area contributed by atoms with Crippen LogP contribution in [0.4, 0.5) is 5.69 Å². The third-order valence-corrected chi connectivity index (χ3v) is 8.54. The fraction of sp³-hybridized carbons (Fsp3) is 0.586. The monoisotopic (exact) mass is 527 g/mol. The van der Waals surface area contributed by atoms with Gasteiger partial charge in [-0.05, 0) is 89.8 Å². The van der Waals surface area contributed by atoms with E-state index in [1.807, 2.05) is 32.9 Å². The molecule has 0 atom stereocenters. The minimum atomic E-state index is -0.213. The van der Waals surface area contributed by atoms with Crippen molar-refractivity contribution in [3.8, 4) is 0 Å². The number of nitrogens with one attached hydrogen (secondary N) is 2. The Hall–Kier alpha value is -2.35. The highest BCUT2D eigenvalue weighted by atomic mass is 35.5. The van der Waals surface area contributed by atoms with E-state index in [1.165, 1.54) is 25.9 Å². The maximum Gasteiger partial charge on any atom is 0.253 e. The van der Waals surface area contributed by atoms with Gasteiger partial charge in [-0.1, -0.05) is 11.6 Å². The molecule has 1 aromatic heterocycles. The van der Waals surface area contributed by atoms with Crippen molar-refractivity contribution in [2.75, 3.05) is 44.7 Å². The highest BCUT2D eigenvalue weighted by molar-refractivity contribution is 6.31. The molecule has 1 saturated heterocycles. The summed E-state index contributed by atoms with van der Waals surface area (Å²) in [7, 11) is 2.21. The number of aromatic amines is 1. The molecular formula is C29H42ClN5O2. The van der Waals surface area contributed by atoms with E-state index in [0.717, 1.165) is 55.0 Å². The van der Waals surface area contributed by atoms with E-state index in [4.69, 9.17) is 11.6 Å². The number of aryl methyl sites for hydroxylation is 2. The number of rotatable bonds is 7. The van der Waals surface area contributed by atoms with E-state index in [0.29, 0.717) is 28.2 Å². The van der Waals surface area contributed by atoms with Crippen molar-refractivity contribution in [2.45, 2.75) is 72.0 Å². The lowest BCUT2D eigenvalue weighted by Crippen LogP contribution is -2.51. The molecule has 0 unspecified atom stereocenters. The van der Waals surface area contributed by atoms with Crippen LogP contribution in [0.15, 0.2) is 23.0 Å².